The molecule has 0 radical (unpaired) electrons. The van der Waals surface area contributed by atoms with Crippen molar-refractivity contribution in [2.24, 2.45) is 0 Å². The van der Waals surface area contributed by atoms with Crippen molar-refractivity contribution in [3.05, 3.63) is 71.3 Å². The van der Waals surface area contributed by atoms with Crippen LogP contribution in [0.4, 0.5) is 0 Å². The number of carbonyl (C=O) groups excluding carboxylic acids is 2. The van der Waals surface area contributed by atoms with Gasteiger partial charge in [0.25, 0.3) is 0 Å². The summed E-state index contributed by atoms with van der Waals surface area (Å²) in [6.45, 7) is 2.52. The van der Waals surface area contributed by atoms with Gasteiger partial charge in [-0.15, -0.1) is 0 Å². The maximum Gasteiger partial charge on any atom is 0.337 e. The highest BCUT2D eigenvalue weighted by Gasteiger charge is 2.19. The molecule has 1 unspecified atom stereocenters. The summed E-state index contributed by atoms with van der Waals surface area (Å²) in [5, 5.41) is 2.99. The maximum absolute atomic E-state index is 12.5. The third-order valence-corrected chi connectivity index (χ3v) is 3.94. The Balaban J connectivity index is 1.99. The van der Waals surface area contributed by atoms with Gasteiger partial charge in [0.2, 0.25) is 5.91 Å². The lowest BCUT2D eigenvalue weighted by atomic mass is 9.93. The molecular weight excluding hydrogens is 302 g/mol. The molecule has 0 saturated carbocycles. The van der Waals surface area contributed by atoms with Crippen molar-refractivity contribution in [1.29, 1.82) is 0 Å². The van der Waals surface area contributed by atoms with Crippen molar-refractivity contribution in [3.8, 4) is 0 Å². The van der Waals surface area contributed by atoms with Gasteiger partial charge >= 0.3 is 5.97 Å². The van der Waals surface area contributed by atoms with Crippen LogP contribution < -0.4 is 5.32 Å². The first-order valence-corrected chi connectivity index (χ1v) is 8.15. The summed E-state index contributed by atoms with van der Waals surface area (Å²) in [4.78, 5) is 24.0. The molecule has 0 aliphatic heterocycles. The molecule has 0 spiro atoms. The van der Waals surface area contributed by atoms with Crippen molar-refractivity contribution in [1.82, 2.24) is 5.32 Å². The van der Waals surface area contributed by atoms with Gasteiger partial charge in [-0.3, -0.25) is 4.79 Å². The first-order chi connectivity index (χ1) is 11.7. The zero-order chi connectivity index (χ0) is 17.4. The normalized spacial score (nSPS) is 11.6. The lowest BCUT2D eigenvalue weighted by Crippen LogP contribution is -2.29. The quantitative estimate of drug-likeness (QED) is 0.790. The number of esters is 1. The van der Waals surface area contributed by atoms with E-state index in [1.807, 2.05) is 42.5 Å². The largest absolute Gasteiger partial charge is 0.465 e. The van der Waals surface area contributed by atoms with Crippen LogP contribution in [0.1, 0.15) is 47.2 Å². The summed E-state index contributed by atoms with van der Waals surface area (Å²) >= 11 is 0. The fourth-order valence-corrected chi connectivity index (χ4v) is 2.61. The van der Waals surface area contributed by atoms with Gasteiger partial charge in [0.15, 0.2) is 0 Å². The highest BCUT2D eigenvalue weighted by Crippen LogP contribution is 2.21. The lowest BCUT2D eigenvalue weighted by Gasteiger charge is -2.16. The van der Waals surface area contributed by atoms with Crippen LogP contribution in [0.25, 0.3) is 0 Å². The molecule has 24 heavy (non-hydrogen) atoms. The predicted molar refractivity (Wildman–Crippen MR) is 93.7 cm³/mol. The van der Waals surface area contributed by atoms with Crippen molar-refractivity contribution in [3.63, 3.8) is 0 Å². The standard InChI is InChI=1S/C20H23NO3/c1-3-7-18(16-8-5-4-6-9-16)19(22)21-14-15-10-12-17(13-11-15)20(23)24-2/h4-6,8-13,18H,3,7,14H2,1-2H3,(H,21,22). The number of benzene rings is 2. The molecule has 2 aromatic carbocycles. The van der Waals surface area contributed by atoms with E-state index >= 15 is 0 Å². The Labute approximate surface area is 142 Å². The zero-order valence-corrected chi connectivity index (χ0v) is 14.1. The summed E-state index contributed by atoms with van der Waals surface area (Å²) in [5.74, 6) is -0.469. The molecule has 0 aliphatic carbocycles. The van der Waals surface area contributed by atoms with E-state index in [1.54, 1.807) is 12.1 Å². The third kappa shape index (κ3) is 4.69. The fraction of sp³-hybridized carbons (Fsp3) is 0.300. The molecule has 2 rings (SSSR count). The Morgan fingerprint density at radius 3 is 2.29 bits per heavy atom. The van der Waals surface area contributed by atoms with E-state index in [0.717, 1.165) is 24.0 Å². The molecule has 1 amide bonds. The first kappa shape index (κ1) is 17.7. The molecule has 0 aliphatic rings. The van der Waals surface area contributed by atoms with Crippen molar-refractivity contribution >= 4 is 11.9 Å². The monoisotopic (exact) mass is 325 g/mol. The molecule has 126 valence electrons. The summed E-state index contributed by atoms with van der Waals surface area (Å²) in [5.41, 5.74) is 2.48. The molecule has 0 saturated heterocycles. The van der Waals surface area contributed by atoms with Crippen LogP contribution in [-0.4, -0.2) is 19.0 Å². The van der Waals surface area contributed by atoms with Crippen molar-refractivity contribution < 1.29 is 14.3 Å². The molecule has 2 aromatic rings. The van der Waals surface area contributed by atoms with E-state index in [1.165, 1.54) is 7.11 Å². The van der Waals surface area contributed by atoms with E-state index in [0.29, 0.717) is 12.1 Å². The van der Waals surface area contributed by atoms with E-state index in [9.17, 15) is 9.59 Å². The van der Waals surface area contributed by atoms with E-state index in [2.05, 4.69) is 17.0 Å². The molecular formula is C20H23NO3. The Bertz CT molecular complexity index is 665. The number of amides is 1. The summed E-state index contributed by atoms with van der Waals surface area (Å²) in [6.07, 6.45) is 1.76. The van der Waals surface area contributed by atoms with Gasteiger partial charge < -0.3 is 10.1 Å². The first-order valence-electron chi connectivity index (χ1n) is 8.15. The summed E-state index contributed by atoms with van der Waals surface area (Å²) in [7, 11) is 1.36. The van der Waals surface area contributed by atoms with E-state index in [-0.39, 0.29) is 17.8 Å². The summed E-state index contributed by atoms with van der Waals surface area (Å²) < 4.78 is 4.67. The van der Waals surface area contributed by atoms with Crippen LogP contribution in [0.15, 0.2) is 54.6 Å². The number of nitrogens with one attached hydrogen (secondary N) is 1. The predicted octanol–water partition coefficient (Wildman–Crippen LogP) is 3.67. The Kier molecular flexibility index (Phi) is 6.55. The minimum Gasteiger partial charge on any atom is -0.465 e. The summed E-state index contributed by atoms with van der Waals surface area (Å²) in [6, 6.07) is 16.9. The topological polar surface area (TPSA) is 55.4 Å². The highest BCUT2D eigenvalue weighted by molar-refractivity contribution is 5.89. The van der Waals surface area contributed by atoms with Crippen LogP contribution in [0.2, 0.25) is 0 Å². The average molecular weight is 325 g/mol. The number of carbonyl (C=O) groups is 2. The molecule has 0 aromatic heterocycles. The van der Waals surface area contributed by atoms with Gasteiger partial charge in [-0.1, -0.05) is 55.8 Å². The molecule has 4 heteroatoms. The Morgan fingerprint density at radius 2 is 1.71 bits per heavy atom. The van der Waals surface area contributed by atoms with Crippen LogP contribution in [0, 0.1) is 0 Å². The minimum absolute atomic E-state index is 0.0279. The van der Waals surface area contributed by atoms with Gasteiger partial charge in [-0.2, -0.15) is 0 Å². The Hall–Kier alpha value is -2.62. The molecule has 0 bridgehead atoms. The SMILES string of the molecule is CCCC(C(=O)NCc1ccc(C(=O)OC)cc1)c1ccccc1. The van der Waals surface area contributed by atoms with Crippen molar-refractivity contribution in [2.45, 2.75) is 32.2 Å². The third-order valence-electron chi connectivity index (χ3n) is 3.94. The van der Waals surface area contributed by atoms with Crippen LogP contribution in [-0.2, 0) is 16.1 Å². The van der Waals surface area contributed by atoms with Gasteiger partial charge in [0, 0.05) is 6.54 Å². The smallest absolute Gasteiger partial charge is 0.337 e. The number of methoxy groups -OCH3 is 1. The van der Waals surface area contributed by atoms with Gasteiger partial charge in [0.05, 0.1) is 18.6 Å². The van der Waals surface area contributed by atoms with Crippen LogP contribution >= 0.6 is 0 Å². The number of hydrogen-bond donors (Lipinski definition) is 1. The second-order valence-corrected chi connectivity index (χ2v) is 5.66. The van der Waals surface area contributed by atoms with Crippen LogP contribution in [0.3, 0.4) is 0 Å². The van der Waals surface area contributed by atoms with E-state index in [4.69, 9.17) is 0 Å². The Morgan fingerprint density at radius 1 is 1.04 bits per heavy atom. The zero-order valence-electron chi connectivity index (χ0n) is 14.1. The average Bonchev–Trinajstić information content (AvgIpc) is 2.64. The molecule has 1 atom stereocenters. The molecule has 0 heterocycles. The van der Waals surface area contributed by atoms with Crippen molar-refractivity contribution in [2.75, 3.05) is 7.11 Å². The van der Waals surface area contributed by atoms with Gasteiger partial charge in [-0.25, -0.2) is 4.79 Å². The lowest BCUT2D eigenvalue weighted by molar-refractivity contribution is -0.122. The number of rotatable bonds is 7. The second-order valence-electron chi connectivity index (χ2n) is 5.66. The molecule has 0 fully saturated rings. The number of ether oxygens (including phenoxy) is 1. The highest BCUT2D eigenvalue weighted by atomic mass is 16.5. The minimum atomic E-state index is -0.363. The van der Waals surface area contributed by atoms with Gasteiger partial charge in [-0.05, 0) is 29.7 Å². The molecule has 4 nitrogen and oxygen atoms in total. The van der Waals surface area contributed by atoms with Gasteiger partial charge in [0.1, 0.15) is 0 Å². The van der Waals surface area contributed by atoms with E-state index < -0.39 is 0 Å². The van der Waals surface area contributed by atoms with Crippen LogP contribution in [0.5, 0.6) is 0 Å². The maximum atomic E-state index is 12.5. The fourth-order valence-electron chi connectivity index (χ4n) is 2.61. The number of hydrogen-bond acceptors (Lipinski definition) is 3. The second kappa shape index (κ2) is 8.87. The molecule has 1 N–H and O–H groups in total.